The largest absolute Gasteiger partial charge is 0.276 e. The van der Waals surface area contributed by atoms with E-state index in [0.717, 1.165) is 12.8 Å². The van der Waals surface area contributed by atoms with E-state index in [-0.39, 0.29) is 5.41 Å². The van der Waals surface area contributed by atoms with E-state index in [4.69, 9.17) is 0 Å². The molecule has 2 bridgehead atoms. The first-order valence-corrected chi connectivity index (χ1v) is 10.1. The Balaban J connectivity index is 1.98. The van der Waals surface area contributed by atoms with Crippen LogP contribution >= 0.6 is 0 Å². The average molecular weight is 331 g/mol. The number of rotatable bonds is 3. The van der Waals surface area contributed by atoms with Crippen LogP contribution in [-0.2, 0) is 0 Å². The molecule has 0 radical (unpaired) electrons. The van der Waals surface area contributed by atoms with Gasteiger partial charge in [0.05, 0.1) is 5.41 Å². The molecule has 1 heterocycles. The minimum absolute atomic E-state index is 0.161. The number of fused-ring (bicyclic) bond motifs is 3. The van der Waals surface area contributed by atoms with Crippen molar-refractivity contribution in [1.29, 1.82) is 0 Å². The van der Waals surface area contributed by atoms with Crippen molar-refractivity contribution in [1.82, 2.24) is 9.55 Å². The third-order valence-corrected chi connectivity index (χ3v) is 7.01. The number of carbonyl (C=O) groups is 1. The highest BCUT2D eigenvalue weighted by Crippen LogP contribution is 2.53. The monoisotopic (exact) mass is 330 g/mol. The summed E-state index contributed by atoms with van der Waals surface area (Å²) in [6.07, 6.45) is 20.1. The minimum atomic E-state index is -0.161. The van der Waals surface area contributed by atoms with Gasteiger partial charge >= 0.3 is 0 Å². The van der Waals surface area contributed by atoms with Crippen LogP contribution in [0.2, 0.25) is 0 Å². The SMILES string of the molecule is CCCC1CCC2(C)CCCCCCC1(C(=O)n1ccnc1)CC2. The predicted molar refractivity (Wildman–Crippen MR) is 98.0 cm³/mol. The molecule has 3 heteroatoms. The third-order valence-electron chi connectivity index (χ3n) is 7.01. The Labute approximate surface area is 147 Å². The van der Waals surface area contributed by atoms with Gasteiger partial charge in [-0.3, -0.25) is 9.36 Å². The Morgan fingerprint density at radius 2 is 1.92 bits per heavy atom. The smallest absolute Gasteiger partial charge is 0.238 e. The van der Waals surface area contributed by atoms with Crippen molar-refractivity contribution < 1.29 is 4.79 Å². The van der Waals surface area contributed by atoms with E-state index >= 15 is 0 Å². The Hall–Kier alpha value is -1.12. The van der Waals surface area contributed by atoms with Crippen molar-refractivity contribution in [3.63, 3.8) is 0 Å². The molecule has 0 saturated heterocycles. The topological polar surface area (TPSA) is 34.9 Å². The van der Waals surface area contributed by atoms with E-state index in [9.17, 15) is 4.79 Å². The van der Waals surface area contributed by atoms with Gasteiger partial charge in [0.1, 0.15) is 6.33 Å². The maximum atomic E-state index is 13.6. The zero-order valence-electron chi connectivity index (χ0n) is 15.6. The lowest BCUT2D eigenvalue weighted by atomic mass is 9.66. The lowest BCUT2D eigenvalue weighted by molar-refractivity contribution is 0.0469. The van der Waals surface area contributed by atoms with Crippen LogP contribution in [0.1, 0.15) is 95.7 Å². The fourth-order valence-corrected chi connectivity index (χ4v) is 5.37. The summed E-state index contributed by atoms with van der Waals surface area (Å²) in [6, 6.07) is 0. The average Bonchev–Trinajstić information content (AvgIpc) is 3.07. The van der Waals surface area contributed by atoms with Gasteiger partial charge in [-0.15, -0.1) is 0 Å². The van der Waals surface area contributed by atoms with E-state index in [1.54, 1.807) is 17.1 Å². The van der Waals surface area contributed by atoms with Crippen LogP contribution in [0.3, 0.4) is 0 Å². The van der Waals surface area contributed by atoms with Crippen LogP contribution in [0.15, 0.2) is 18.7 Å². The molecule has 1 aromatic rings. The van der Waals surface area contributed by atoms with Gasteiger partial charge in [-0.2, -0.15) is 0 Å². The molecule has 24 heavy (non-hydrogen) atoms. The standard InChI is InChI=1S/C21H34N2O/c1-3-8-18-9-12-20(2)10-6-4-5-7-11-21(18,14-13-20)19(24)23-16-15-22-17-23/h15-18H,3-14H2,1-2H3. The summed E-state index contributed by atoms with van der Waals surface area (Å²) in [5, 5.41) is 0. The summed E-state index contributed by atoms with van der Waals surface area (Å²) in [7, 11) is 0. The molecule has 2 aliphatic carbocycles. The quantitative estimate of drug-likeness (QED) is 0.695. The molecule has 0 spiro atoms. The lowest BCUT2D eigenvalue weighted by Gasteiger charge is -2.39. The molecule has 3 rings (SSSR count). The molecule has 2 saturated carbocycles. The number of carbonyl (C=O) groups excluding carboxylic acids is 1. The summed E-state index contributed by atoms with van der Waals surface area (Å²) in [6.45, 7) is 4.75. The van der Waals surface area contributed by atoms with Crippen LogP contribution in [0.4, 0.5) is 0 Å². The van der Waals surface area contributed by atoms with Gasteiger partial charge in [-0.05, 0) is 56.3 Å². The third kappa shape index (κ3) is 3.45. The molecule has 0 aliphatic heterocycles. The minimum Gasteiger partial charge on any atom is -0.276 e. The first-order valence-electron chi connectivity index (χ1n) is 10.1. The second kappa shape index (κ2) is 7.41. The zero-order chi connectivity index (χ0) is 17.0. The maximum Gasteiger partial charge on any atom is 0.238 e. The van der Waals surface area contributed by atoms with Gasteiger partial charge in [-0.25, -0.2) is 4.98 Å². The Kier molecular flexibility index (Phi) is 5.46. The van der Waals surface area contributed by atoms with Crippen molar-refractivity contribution in [2.45, 2.75) is 90.9 Å². The molecule has 1 aromatic heterocycles. The number of aromatic nitrogens is 2. The lowest BCUT2D eigenvalue weighted by Crippen LogP contribution is -2.41. The van der Waals surface area contributed by atoms with Gasteiger partial charge in [0.15, 0.2) is 0 Å². The maximum absolute atomic E-state index is 13.6. The normalized spacial score (nSPS) is 34.7. The predicted octanol–water partition coefficient (Wildman–Crippen LogP) is 5.86. The van der Waals surface area contributed by atoms with Crippen molar-refractivity contribution in [3.8, 4) is 0 Å². The molecule has 0 aromatic carbocycles. The Morgan fingerprint density at radius 3 is 2.62 bits per heavy atom. The highest BCUT2D eigenvalue weighted by Gasteiger charge is 2.48. The molecule has 0 amide bonds. The molecule has 3 nitrogen and oxygen atoms in total. The summed E-state index contributed by atoms with van der Waals surface area (Å²) >= 11 is 0. The summed E-state index contributed by atoms with van der Waals surface area (Å²) in [5.74, 6) is 0.862. The highest BCUT2D eigenvalue weighted by atomic mass is 16.2. The second-order valence-electron chi connectivity index (χ2n) is 8.68. The van der Waals surface area contributed by atoms with Crippen LogP contribution < -0.4 is 0 Å². The van der Waals surface area contributed by atoms with Crippen LogP contribution in [0, 0.1) is 16.7 Å². The summed E-state index contributed by atoms with van der Waals surface area (Å²) < 4.78 is 1.77. The van der Waals surface area contributed by atoms with Gasteiger partial charge < -0.3 is 0 Å². The fraction of sp³-hybridized carbons (Fsp3) is 0.810. The van der Waals surface area contributed by atoms with E-state index < -0.39 is 0 Å². The first-order chi connectivity index (χ1) is 11.6. The summed E-state index contributed by atoms with van der Waals surface area (Å²) in [4.78, 5) is 17.7. The van der Waals surface area contributed by atoms with E-state index in [1.165, 1.54) is 64.2 Å². The molecular weight excluding hydrogens is 296 g/mol. The molecular formula is C21H34N2O. The second-order valence-corrected chi connectivity index (χ2v) is 8.68. The summed E-state index contributed by atoms with van der Waals surface area (Å²) in [5.41, 5.74) is 0.284. The number of nitrogens with zero attached hydrogens (tertiary/aromatic N) is 2. The van der Waals surface area contributed by atoms with Crippen LogP contribution in [0.5, 0.6) is 0 Å². The van der Waals surface area contributed by atoms with Gasteiger partial charge in [0.25, 0.3) is 0 Å². The van der Waals surface area contributed by atoms with Crippen molar-refractivity contribution in [2.24, 2.45) is 16.7 Å². The molecule has 134 valence electrons. The van der Waals surface area contributed by atoms with E-state index in [0.29, 0.717) is 17.2 Å². The molecule has 3 atom stereocenters. The Bertz CT molecular complexity index is 538. The van der Waals surface area contributed by atoms with Gasteiger partial charge in [0.2, 0.25) is 5.91 Å². The van der Waals surface area contributed by atoms with Crippen molar-refractivity contribution in [2.75, 3.05) is 0 Å². The zero-order valence-corrected chi connectivity index (χ0v) is 15.6. The van der Waals surface area contributed by atoms with E-state index in [2.05, 4.69) is 18.8 Å². The van der Waals surface area contributed by atoms with Crippen LogP contribution in [0.25, 0.3) is 0 Å². The highest BCUT2D eigenvalue weighted by molar-refractivity contribution is 5.85. The molecule has 3 unspecified atom stereocenters. The fourth-order valence-electron chi connectivity index (χ4n) is 5.37. The number of hydrogen-bond acceptors (Lipinski definition) is 2. The number of hydrogen-bond donors (Lipinski definition) is 0. The van der Waals surface area contributed by atoms with Gasteiger partial charge in [-0.1, -0.05) is 46.0 Å². The van der Waals surface area contributed by atoms with Crippen LogP contribution in [-0.4, -0.2) is 15.5 Å². The number of imidazole rings is 1. The van der Waals surface area contributed by atoms with Crippen molar-refractivity contribution in [3.05, 3.63) is 18.7 Å². The molecule has 2 fully saturated rings. The van der Waals surface area contributed by atoms with E-state index in [1.807, 2.05) is 6.20 Å². The molecule has 2 aliphatic rings. The van der Waals surface area contributed by atoms with Gasteiger partial charge in [0, 0.05) is 12.4 Å². The first kappa shape index (κ1) is 17.7. The van der Waals surface area contributed by atoms with Crippen molar-refractivity contribution >= 4 is 5.91 Å². The molecule has 0 N–H and O–H groups in total. The Morgan fingerprint density at radius 1 is 1.12 bits per heavy atom.